The van der Waals surface area contributed by atoms with Gasteiger partial charge in [-0.2, -0.15) is 0 Å². The second-order valence-electron chi connectivity index (χ2n) is 10.5. The third kappa shape index (κ3) is 6.85. The summed E-state index contributed by atoms with van der Waals surface area (Å²) in [5.41, 5.74) is 5.74. The zero-order valence-electron chi connectivity index (χ0n) is 24.6. The molecular weight excluding hydrogens is 540 g/mol. The van der Waals surface area contributed by atoms with E-state index < -0.39 is 12.1 Å². The molecule has 2 atom stereocenters. The molecule has 1 amide bonds. The van der Waals surface area contributed by atoms with Crippen LogP contribution in [-0.4, -0.2) is 35.8 Å². The van der Waals surface area contributed by atoms with Gasteiger partial charge < -0.3 is 24.1 Å². The molecule has 0 bridgehead atoms. The van der Waals surface area contributed by atoms with Crippen LogP contribution in [0, 0.1) is 13.8 Å². The van der Waals surface area contributed by atoms with E-state index in [0.717, 1.165) is 39.0 Å². The molecule has 0 saturated heterocycles. The average Bonchev–Trinajstić information content (AvgIpc) is 3.18. The molecule has 4 aromatic rings. The number of carbonyl (C=O) groups is 2. The predicted octanol–water partition coefficient (Wildman–Crippen LogP) is 7.18. The Labute approximate surface area is 246 Å². The summed E-state index contributed by atoms with van der Waals surface area (Å²) in [6.07, 6.45) is -0.708. The van der Waals surface area contributed by atoms with Gasteiger partial charge in [0, 0.05) is 28.7 Å². The van der Waals surface area contributed by atoms with Crippen LogP contribution < -0.4 is 14.8 Å². The number of halogens is 1. The lowest BCUT2D eigenvalue weighted by Crippen LogP contribution is -2.26. The fourth-order valence-corrected chi connectivity index (χ4v) is 4.97. The minimum Gasteiger partial charge on any atom is -0.491 e. The van der Waals surface area contributed by atoms with E-state index in [2.05, 4.69) is 23.7 Å². The van der Waals surface area contributed by atoms with Crippen LogP contribution in [0.1, 0.15) is 66.5 Å². The van der Waals surface area contributed by atoms with Gasteiger partial charge in [0.05, 0.1) is 24.3 Å². The Morgan fingerprint density at radius 2 is 1.71 bits per heavy atom. The van der Waals surface area contributed by atoms with Crippen LogP contribution in [0.3, 0.4) is 0 Å². The summed E-state index contributed by atoms with van der Waals surface area (Å²) in [6, 6.07) is 18.9. The number of esters is 1. The highest BCUT2D eigenvalue weighted by molar-refractivity contribution is 6.32. The van der Waals surface area contributed by atoms with Crippen molar-refractivity contribution in [2.24, 2.45) is 0 Å². The number of ether oxygens (including phenoxy) is 3. The van der Waals surface area contributed by atoms with Crippen LogP contribution >= 0.6 is 11.6 Å². The van der Waals surface area contributed by atoms with E-state index in [1.54, 1.807) is 13.0 Å². The van der Waals surface area contributed by atoms with Crippen molar-refractivity contribution in [1.29, 1.82) is 0 Å². The van der Waals surface area contributed by atoms with E-state index in [4.69, 9.17) is 25.8 Å². The van der Waals surface area contributed by atoms with Gasteiger partial charge in [-0.15, -0.1) is 0 Å². The van der Waals surface area contributed by atoms with Crippen LogP contribution in [-0.2, 0) is 16.1 Å². The predicted molar refractivity (Wildman–Crippen MR) is 162 cm³/mol. The summed E-state index contributed by atoms with van der Waals surface area (Å²) in [5.74, 6) is 0.586. The number of rotatable bonds is 10. The maximum absolute atomic E-state index is 13.2. The summed E-state index contributed by atoms with van der Waals surface area (Å²) >= 11 is 6.34. The van der Waals surface area contributed by atoms with Crippen LogP contribution in [0.15, 0.2) is 60.7 Å². The van der Waals surface area contributed by atoms with Crippen LogP contribution in [0.5, 0.6) is 11.5 Å². The Bertz CT molecular complexity index is 1580. The first-order valence-electron chi connectivity index (χ1n) is 13.7. The van der Waals surface area contributed by atoms with Crippen molar-refractivity contribution in [1.82, 2.24) is 9.88 Å². The van der Waals surface area contributed by atoms with E-state index in [0.29, 0.717) is 22.9 Å². The van der Waals surface area contributed by atoms with Gasteiger partial charge in [0.2, 0.25) is 0 Å². The number of hydrogen-bond acceptors (Lipinski definition) is 5. The molecule has 1 heterocycles. The molecule has 3 aromatic carbocycles. The molecule has 0 aliphatic heterocycles. The van der Waals surface area contributed by atoms with Crippen LogP contribution in [0.25, 0.3) is 10.9 Å². The number of methoxy groups -OCH3 is 1. The van der Waals surface area contributed by atoms with Gasteiger partial charge in [0.15, 0.2) is 6.10 Å². The van der Waals surface area contributed by atoms with Crippen molar-refractivity contribution in [3.05, 3.63) is 93.6 Å². The molecule has 0 saturated carbocycles. The summed E-state index contributed by atoms with van der Waals surface area (Å²) in [5, 5.41) is 4.55. The lowest BCUT2D eigenvalue weighted by Gasteiger charge is -2.17. The molecule has 216 valence electrons. The van der Waals surface area contributed by atoms with Gasteiger partial charge in [-0.05, 0) is 101 Å². The molecule has 0 spiro atoms. The van der Waals surface area contributed by atoms with Gasteiger partial charge in [0.1, 0.15) is 11.5 Å². The highest BCUT2D eigenvalue weighted by Crippen LogP contribution is 2.31. The molecule has 1 aromatic heterocycles. The Morgan fingerprint density at radius 3 is 2.41 bits per heavy atom. The van der Waals surface area contributed by atoms with Gasteiger partial charge in [-0.3, -0.25) is 4.79 Å². The topological polar surface area (TPSA) is 78.8 Å². The summed E-state index contributed by atoms with van der Waals surface area (Å²) in [4.78, 5) is 25.1. The first-order chi connectivity index (χ1) is 19.5. The van der Waals surface area contributed by atoms with E-state index in [1.807, 2.05) is 75.4 Å². The Balaban J connectivity index is 1.55. The molecule has 0 radical (unpaired) electrons. The normalized spacial score (nSPS) is 12.7. The minimum absolute atomic E-state index is 0.0752. The number of fused-ring (bicyclic) bond motifs is 1. The highest BCUT2D eigenvalue weighted by atomic mass is 35.5. The monoisotopic (exact) mass is 576 g/mol. The van der Waals surface area contributed by atoms with E-state index in [9.17, 15) is 9.59 Å². The molecule has 7 nitrogen and oxygen atoms in total. The van der Waals surface area contributed by atoms with E-state index in [1.165, 1.54) is 7.11 Å². The van der Waals surface area contributed by atoms with Gasteiger partial charge in [-0.25, -0.2) is 4.79 Å². The number of aryl methyl sites for hydroxylation is 1. The maximum Gasteiger partial charge on any atom is 0.346 e. The second kappa shape index (κ2) is 12.7. The number of hydrogen-bond donors (Lipinski definition) is 1. The molecule has 0 aliphatic carbocycles. The Hall–Kier alpha value is -3.97. The minimum atomic E-state index is -0.784. The first-order valence-corrected chi connectivity index (χ1v) is 14.1. The molecule has 0 fully saturated rings. The molecular formula is C33H37ClN2O5. The number of benzene rings is 3. The third-order valence-corrected chi connectivity index (χ3v) is 7.46. The number of nitrogens with zero attached hydrogens (tertiary/aromatic N) is 1. The molecule has 0 aliphatic rings. The fourth-order valence-electron chi connectivity index (χ4n) is 4.81. The molecule has 8 heteroatoms. The molecule has 0 unspecified atom stereocenters. The quantitative estimate of drug-likeness (QED) is 0.202. The molecule has 41 heavy (non-hydrogen) atoms. The number of aromatic nitrogens is 1. The van der Waals surface area contributed by atoms with Crippen molar-refractivity contribution in [2.75, 3.05) is 7.11 Å². The largest absolute Gasteiger partial charge is 0.491 e. The molecule has 1 N–H and O–H groups in total. The summed E-state index contributed by atoms with van der Waals surface area (Å²) in [7, 11) is 1.32. The summed E-state index contributed by atoms with van der Waals surface area (Å²) < 4.78 is 18.5. The Morgan fingerprint density at radius 1 is 0.951 bits per heavy atom. The van der Waals surface area contributed by atoms with Gasteiger partial charge in [0.25, 0.3) is 5.91 Å². The second-order valence-corrected chi connectivity index (χ2v) is 10.9. The van der Waals surface area contributed by atoms with Gasteiger partial charge >= 0.3 is 5.97 Å². The average molecular weight is 577 g/mol. The highest BCUT2D eigenvalue weighted by Gasteiger charge is 2.19. The number of nitrogens with one attached hydrogen (secondary N) is 1. The maximum atomic E-state index is 13.2. The van der Waals surface area contributed by atoms with Crippen molar-refractivity contribution in [3.8, 4) is 11.5 Å². The van der Waals surface area contributed by atoms with Crippen LogP contribution in [0.4, 0.5) is 0 Å². The van der Waals surface area contributed by atoms with E-state index >= 15 is 0 Å². The van der Waals surface area contributed by atoms with Crippen molar-refractivity contribution < 1.29 is 23.8 Å². The SMILES string of the molecule is COC(=O)[C@H](C)Oc1cc(Cn2c(C)c(C)c3cc(C(=O)N[C@@H](C)c4cccc(OC(C)C)c4)ccc32)ccc1Cl. The lowest BCUT2D eigenvalue weighted by molar-refractivity contribution is -0.147. The smallest absolute Gasteiger partial charge is 0.346 e. The zero-order valence-corrected chi connectivity index (χ0v) is 25.3. The Kier molecular flexibility index (Phi) is 9.28. The van der Waals surface area contributed by atoms with Crippen LogP contribution in [0.2, 0.25) is 5.02 Å². The number of carbonyl (C=O) groups excluding carboxylic acids is 2. The fraction of sp³-hybridized carbons (Fsp3) is 0.333. The summed E-state index contributed by atoms with van der Waals surface area (Å²) in [6.45, 7) is 12.2. The molecule has 4 rings (SSSR count). The van der Waals surface area contributed by atoms with Crippen molar-refractivity contribution in [3.63, 3.8) is 0 Å². The first kappa shape index (κ1) is 30.0. The zero-order chi connectivity index (χ0) is 29.8. The lowest BCUT2D eigenvalue weighted by atomic mass is 10.1. The van der Waals surface area contributed by atoms with E-state index in [-0.39, 0.29) is 18.1 Å². The van der Waals surface area contributed by atoms with Gasteiger partial charge in [-0.1, -0.05) is 29.8 Å². The van der Waals surface area contributed by atoms with Crippen molar-refractivity contribution in [2.45, 2.75) is 66.3 Å². The standard InChI is InChI=1S/C33H37ClN2O5/c1-19(2)40-27-10-8-9-25(16-27)21(4)35-32(37)26-12-14-30-28(17-26)20(3)22(5)36(30)18-24-11-13-29(34)31(15-24)41-23(6)33(38)39-7/h8-17,19,21,23H,18H2,1-7H3,(H,35,37)/t21-,23-/m0/s1. The number of amides is 1. The third-order valence-electron chi connectivity index (χ3n) is 7.15. The van der Waals surface area contributed by atoms with Crippen molar-refractivity contribution >= 4 is 34.4 Å².